The Hall–Kier alpha value is -1.33. The molecule has 11 heteroatoms. The standard InChI is InChI=1S/C11H11F6NO3S/c12-10(13,14)7-2-3-8(11(15,16)17)9(6-7)22(20,21)18-4-1-5-19/h2-3,6,18-19H,1,4-5H2. The van der Waals surface area contributed by atoms with Crippen LogP contribution in [-0.4, -0.2) is 26.7 Å². The van der Waals surface area contributed by atoms with Crippen molar-refractivity contribution in [3.8, 4) is 0 Å². The number of aliphatic hydroxyl groups excluding tert-OH is 1. The molecule has 126 valence electrons. The van der Waals surface area contributed by atoms with E-state index in [-0.39, 0.29) is 24.6 Å². The second-order valence-corrected chi connectivity index (χ2v) is 5.92. The van der Waals surface area contributed by atoms with Gasteiger partial charge in [0.15, 0.2) is 0 Å². The number of rotatable bonds is 5. The molecular weight excluding hydrogens is 340 g/mol. The Labute approximate surface area is 121 Å². The first-order valence-corrected chi connectivity index (χ1v) is 7.27. The van der Waals surface area contributed by atoms with Crippen molar-refractivity contribution >= 4 is 10.0 Å². The molecule has 1 aromatic rings. The quantitative estimate of drug-likeness (QED) is 0.632. The predicted octanol–water partition coefficient (Wildman–Crippen LogP) is 2.38. The number of halogens is 6. The Balaban J connectivity index is 3.40. The minimum absolute atomic E-state index is 0.0654. The van der Waals surface area contributed by atoms with Gasteiger partial charge in [0.2, 0.25) is 10.0 Å². The molecule has 0 atom stereocenters. The fourth-order valence-corrected chi connectivity index (χ4v) is 2.84. The van der Waals surface area contributed by atoms with Crippen molar-refractivity contribution in [2.24, 2.45) is 0 Å². The number of hydrogen-bond donors (Lipinski definition) is 2. The fourth-order valence-electron chi connectivity index (χ4n) is 1.52. The van der Waals surface area contributed by atoms with Gasteiger partial charge in [-0.1, -0.05) is 0 Å². The third-order valence-corrected chi connectivity index (χ3v) is 4.03. The van der Waals surface area contributed by atoms with Crippen LogP contribution in [0.5, 0.6) is 0 Å². The van der Waals surface area contributed by atoms with E-state index in [1.54, 1.807) is 4.72 Å². The van der Waals surface area contributed by atoms with Crippen LogP contribution in [0.4, 0.5) is 26.3 Å². The summed E-state index contributed by atoms with van der Waals surface area (Å²) in [4.78, 5) is -1.51. The molecule has 2 N–H and O–H groups in total. The molecule has 0 bridgehead atoms. The van der Waals surface area contributed by atoms with E-state index in [0.29, 0.717) is 0 Å². The van der Waals surface area contributed by atoms with Crippen LogP contribution in [0.1, 0.15) is 17.5 Å². The zero-order valence-corrected chi connectivity index (χ0v) is 11.6. The summed E-state index contributed by atoms with van der Waals surface area (Å²) < 4.78 is 101. The first kappa shape index (κ1) is 18.7. The molecule has 0 spiro atoms. The molecule has 0 fully saturated rings. The van der Waals surface area contributed by atoms with Gasteiger partial charge in [-0.2, -0.15) is 26.3 Å². The molecule has 0 heterocycles. The molecule has 0 aliphatic carbocycles. The van der Waals surface area contributed by atoms with Crippen LogP contribution in [0.3, 0.4) is 0 Å². The van der Waals surface area contributed by atoms with Crippen molar-refractivity contribution < 1.29 is 39.9 Å². The van der Waals surface area contributed by atoms with Crippen LogP contribution in [0.25, 0.3) is 0 Å². The first-order valence-electron chi connectivity index (χ1n) is 5.78. The fraction of sp³-hybridized carbons (Fsp3) is 0.455. The number of hydrogen-bond acceptors (Lipinski definition) is 3. The monoisotopic (exact) mass is 351 g/mol. The molecule has 4 nitrogen and oxygen atoms in total. The van der Waals surface area contributed by atoms with Crippen LogP contribution >= 0.6 is 0 Å². The summed E-state index contributed by atoms with van der Waals surface area (Å²) in [6.07, 6.45) is -10.2. The van der Waals surface area contributed by atoms with Gasteiger partial charge in [-0.3, -0.25) is 0 Å². The highest BCUT2D eigenvalue weighted by atomic mass is 32.2. The van der Waals surface area contributed by atoms with E-state index in [0.717, 1.165) is 0 Å². The van der Waals surface area contributed by atoms with Crippen molar-refractivity contribution in [1.29, 1.82) is 0 Å². The average Bonchev–Trinajstić information content (AvgIpc) is 2.36. The molecule has 0 saturated heterocycles. The summed E-state index contributed by atoms with van der Waals surface area (Å²) >= 11 is 0. The summed E-state index contributed by atoms with van der Waals surface area (Å²) in [6.45, 7) is -0.844. The number of benzene rings is 1. The van der Waals surface area contributed by atoms with Gasteiger partial charge in [-0.25, -0.2) is 13.1 Å². The number of alkyl halides is 6. The molecule has 0 unspecified atom stereocenters. The predicted molar refractivity (Wildman–Crippen MR) is 63.3 cm³/mol. The smallest absolute Gasteiger partial charge is 0.396 e. The Kier molecular flexibility index (Phi) is 5.47. The molecule has 0 amide bonds. The lowest BCUT2D eigenvalue weighted by atomic mass is 10.1. The Morgan fingerprint density at radius 3 is 2.09 bits per heavy atom. The summed E-state index contributed by atoms with van der Waals surface area (Å²) in [5.41, 5.74) is -3.21. The minimum atomic E-state index is -5.13. The van der Waals surface area contributed by atoms with Gasteiger partial charge in [0.25, 0.3) is 0 Å². The molecule has 22 heavy (non-hydrogen) atoms. The van der Waals surface area contributed by atoms with Gasteiger partial charge in [0, 0.05) is 13.2 Å². The third-order valence-electron chi connectivity index (χ3n) is 2.53. The lowest BCUT2D eigenvalue weighted by molar-refractivity contribution is -0.143. The molecule has 0 saturated carbocycles. The Morgan fingerprint density at radius 1 is 1.05 bits per heavy atom. The molecule has 1 rings (SSSR count). The van der Waals surface area contributed by atoms with Crippen molar-refractivity contribution in [3.05, 3.63) is 29.3 Å². The molecular formula is C11H11F6NO3S. The first-order chi connectivity index (χ1) is 9.89. The largest absolute Gasteiger partial charge is 0.417 e. The maximum absolute atomic E-state index is 12.8. The van der Waals surface area contributed by atoms with Gasteiger partial charge < -0.3 is 5.11 Å². The highest BCUT2D eigenvalue weighted by Gasteiger charge is 2.40. The Morgan fingerprint density at radius 2 is 1.64 bits per heavy atom. The van der Waals surface area contributed by atoms with Crippen molar-refractivity contribution in [2.45, 2.75) is 23.7 Å². The van der Waals surface area contributed by atoms with E-state index in [1.807, 2.05) is 0 Å². The second-order valence-electron chi connectivity index (χ2n) is 4.18. The second kappa shape index (κ2) is 6.42. The molecule has 0 radical (unpaired) electrons. The highest BCUT2D eigenvalue weighted by molar-refractivity contribution is 7.89. The topological polar surface area (TPSA) is 66.4 Å². The van der Waals surface area contributed by atoms with E-state index >= 15 is 0 Å². The molecule has 0 aromatic heterocycles. The van der Waals surface area contributed by atoms with E-state index in [4.69, 9.17) is 5.11 Å². The lowest BCUT2D eigenvalue weighted by Gasteiger charge is -2.16. The van der Waals surface area contributed by atoms with Crippen LogP contribution < -0.4 is 4.72 Å². The van der Waals surface area contributed by atoms with E-state index in [2.05, 4.69) is 0 Å². The molecule has 0 aliphatic rings. The average molecular weight is 351 g/mol. The van der Waals surface area contributed by atoms with Crippen LogP contribution in [0.15, 0.2) is 23.1 Å². The summed E-state index contributed by atoms with van der Waals surface area (Å²) in [5, 5.41) is 8.50. The van der Waals surface area contributed by atoms with Crippen molar-refractivity contribution in [3.63, 3.8) is 0 Å². The summed E-state index contributed by atoms with van der Waals surface area (Å²) in [7, 11) is -4.81. The van der Waals surface area contributed by atoms with E-state index in [1.165, 1.54) is 0 Å². The van der Waals surface area contributed by atoms with Crippen LogP contribution in [0.2, 0.25) is 0 Å². The molecule has 1 aromatic carbocycles. The van der Waals surface area contributed by atoms with Crippen LogP contribution in [-0.2, 0) is 22.4 Å². The van der Waals surface area contributed by atoms with E-state index < -0.39 is 51.5 Å². The maximum Gasteiger partial charge on any atom is 0.417 e. The third kappa shape index (κ3) is 4.58. The summed E-state index contributed by atoms with van der Waals surface area (Å²) in [6, 6.07) is 0.170. The van der Waals surface area contributed by atoms with Crippen molar-refractivity contribution in [2.75, 3.05) is 13.2 Å². The maximum atomic E-state index is 12.8. The normalized spacial score (nSPS) is 13.4. The zero-order valence-electron chi connectivity index (χ0n) is 10.8. The number of sulfonamides is 1. The lowest BCUT2D eigenvalue weighted by Crippen LogP contribution is -2.28. The zero-order chi connectivity index (χ0) is 17.2. The van der Waals surface area contributed by atoms with Gasteiger partial charge in [0.05, 0.1) is 16.0 Å². The van der Waals surface area contributed by atoms with Gasteiger partial charge in [-0.05, 0) is 24.6 Å². The highest BCUT2D eigenvalue weighted by Crippen LogP contribution is 2.38. The SMILES string of the molecule is O=S(=O)(NCCCO)c1cc(C(F)(F)F)ccc1C(F)(F)F. The van der Waals surface area contributed by atoms with Gasteiger partial charge in [-0.15, -0.1) is 0 Å². The van der Waals surface area contributed by atoms with Gasteiger partial charge in [0.1, 0.15) is 0 Å². The molecule has 0 aliphatic heterocycles. The number of aliphatic hydroxyl groups is 1. The summed E-state index contributed by atoms with van der Waals surface area (Å²) in [5.74, 6) is 0. The van der Waals surface area contributed by atoms with E-state index in [9.17, 15) is 34.8 Å². The van der Waals surface area contributed by atoms with Crippen LogP contribution in [0, 0.1) is 0 Å². The minimum Gasteiger partial charge on any atom is -0.396 e. The number of nitrogens with one attached hydrogen (secondary N) is 1. The van der Waals surface area contributed by atoms with Gasteiger partial charge >= 0.3 is 12.4 Å². The Bertz CT molecular complexity index is 624. The van der Waals surface area contributed by atoms with Crippen molar-refractivity contribution in [1.82, 2.24) is 4.72 Å².